The molecule has 0 fully saturated rings. The summed E-state index contributed by atoms with van der Waals surface area (Å²) >= 11 is 0. The average Bonchev–Trinajstić information content (AvgIpc) is 2.78. The molecule has 0 atom stereocenters. The fraction of sp³-hybridized carbons (Fsp3) is 0.130. The molecule has 0 aliphatic carbocycles. The second-order valence-electron chi connectivity index (χ2n) is 6.96. The molecule has 8 nitrogen and oxygen atoms in total. The largest absolute Gasteiger partial charge is 0.484 e. The molecule has 166 valence electrons. The third-order valence-corrected chi connectivity index (χ3v) is 5.85. The molecule has 0 aliphatic rings. The van der Waals surface area contributed by atoms with Crippen molar-refractivity contribution in [2.45, 2.75) is 17.9 Å². The number of hydrogen-bond donors (Lipinski definition) is 3. The zero-order valence-electron chi connectivity index (χ0n) is 17.2. The lowest BCUT2D eigenvalue weighted by atomic mass is 10.1. The SMILES string of the molecule is NC(=O)Cc1ccc(NC(=O)COc2ccc(S(=O)(=O)NCc3ccccc3)cc2)cc1. The highest BCUT2D eigenvalue weighted by atomic mass is 32.2. The molecular weight excluding hydrogens is 430 g/mol. The van der Waals surface area contributed by atoms with Crippen molar-refractivity contribution in [3.8, 4) is 5.75 Å². The number of nitrogens with one attached hydrogen (secondary N) is 2. The van der Waals surface area contributed by atoms with Crippen LogP contribution in [0.1, 0.15) is 11.1 Å². The van der Waals surface area contributed by atoms with Crippen molar-refractivity contribution in [1.29, 1.82) is 0 Å². The second-order valence-corrected chi connectivity index (χ2v) is 8.73. The Kier molecular flexibility index (Phi) is 7.58. The Morgan fingerprint density at radius 2 is 1.50 bits per heavy atom. The van der Waals surface area contributed by atoms with Gasteiger partial charge in [0, 0.05) is 12.2 Å². The van der Waals surface area contributed by atoms with Gasteiger partial charge in [-0.25, -0.2) is 13.1 Å². The topological polar surface area (TPSA) is 128 Å². The Bertz CT molecular complexity index is 1160. The van der Waals surface area contributed by atoms with E-state index in [1.54, 1.807) is 24.3 Å². The molecule has 0 spiro atoms. The van der Waals surface area contributed by atoms with E-state index >= 15 is 0 Å². The summed E-state index contributed by atoms with van der Waals surface area (Å²) in [5.74, 6) is -0.450. The van der Waals surface area contributed by atoms with Crippen molar-refractivity contribution in [2.75, 3.05) is 11.9 Å². The van der Waals surface area contributed by atoms with Crippen LogP contribution in [0.4, 0.5) is 5.69 Å². The monoisotopic (exact) mass is 453 g/mol. The zero-order chi connectivity index (χ0) is 23.0. The lowest BCUT2D eigenvalue weighted by molar-refractivity contribution is -0.118. The van der Waals surface area contributed by atoms with Gasteiger partial charge in [-0.15, -0.1) is 0 Å². The average molecular weight is 454 g/mol. The fourth-order valence-corrected chi connectivity index (χ4v) is 3.84. The van der Waals surface area contributed by atoms with Gasteiger partial charge in [0.15, 0.2) is 6.61 Å². The van der Waals surface area contributed by atoms with Gasteiger partial charge in [-0.05, 0) is 47.5 Å². The third kappa shape index (κ3) is 6.93. The number of nitrogens with two attached hydrogens (primary N) is 1. The number of amides is 2. The number of anilines is 1. The Labute approximate surface area is 186 Å². The number of primary amides is 1. The maximum Gasteiger partial charge on any atom is 0.262 e. The van der Waals surface area contributed by atoms with Gasteiger partial charge < -0.3 is 15.8 Å². The van der Waals surface area contributed by atoms with Crippen LogP contribution in [-0.4, -0.2) is 26.8 Å². The Balaban J connectivity index is 1.49. The number of benzene rings is 3. The van der Waals surface area contributed by atoms with Crippen LogP contribution in [0.15, 0.2) is 83.8 Å². The van der Waals surface area contributed by atoms with E-state index in [-0.39, 0.29) is 30.4 Å². The molecule has 0 heterocycles. The molecule has 32 heavy (non-hydrogen) atoms. The number of hydrogen-bond acceptors (Lipinski definition) is 5. The molecule has 9 heteroatoms. The highest BCUT2D eigenvalue weighted by molar-refractivity contribution is 7.89. The van der Waals surface area contributed by atoms with Crippen molar-refractivity contribution in [1.82, 2.24) is 4.72 Å². The molecule has 0 radical (unpaired) electrons. The summed E-state index contributed by atoms with van der Waals surface area (Å²) in [6, 6.07) is 21.7. The van der Waals surface area contributed by atoms with Gasteiger partial charge in [0.25, 0.3) is 5.91 Å². The third-order valence-electron chi connectivity index (χ3n) is 4.43. The predicted octanol–water partition coefficient (Wildman–Crippen LogP) is 2.21. The molecule has 2 amide bonds. The normalized spacial score (nSPS) is 11.0. The van der Waals surface area contributed by atoms with E-state index in [4.69, 9.17) is 10.5 Å². The molecule has 0 aromatic heterocycles. The lowest BCUT2D eigenvalue weighted by Crippen LogP contribution is -2.23. The van der Waals surface area contributed by atoms with Crippen LogP contribution in [0.3, 0.4) is 0 Å². The standard InChI is InChI=1S/C23H23N3O5S/c24-22(27)14-17-6-8-19(9-7-17)26-23(28)16-31-20-10-12-21(13-11-20)32(29,30)25-15-18-4-2-1-3-5-18/h1-13,25H,14-16H2,(H2,24,27)(H,26,28). The molecule has 0 saturated heterocycles. The van der Waals surface area contributed by atoms with Gasteiger partial charge in [0.05, 0.1) is 11.3 Å². The van der Waals surface area contributed by atoms with Crippen LogP contribution < -0.4 is 20.5 Å². The summed E-state index contributed by atoms with van der Waals surface area (Å²) in [4.78, 5) is 23.1. The van der Waals surface area contributed by atoms with E-state index in [0.29, 0.717) is 11.4 Å². The van der Waals surface area contributed by atoms with Crippen LogP contribution >= 0.6 is 0 Å². The molecule has 0 saturated carbocycles. The van der Waals surface area contributed by atoms with Crippen molar-refractivity contribution in [2.24, 2.45) is 5.73 Å². The summed E-state index contributed by atoms with van der Waals surface area (Å²) < 4.78 is 32.8. The van der Waals surface area contributed by atoms with Gasteiger partial charge in [-0.1, -0.05) is 42.5 Å². The minimum Gasteiger partial charge on any atom is -0.484 e. The first-order chi connectivity index (χ1) is 15.3. The Morgan fingerprint density at radius 3 is 2.12 bits per heavy atom. The maximum atomic E-state index is 12.4. The van der Waals surface area contributed by atoms with Crippen LogP contribution in [-0.2, 0) is 32.6 Å². The summed E-state index contributed by atoms with van der Waals surface area (Å²) in [5, 5.41) is 2.67. The summed E-state index contributed by atoms with van der Waals surface area (Å²) in [6.07, 6.45) is 0.130. The number of ether oxygens (including phenoxy) is 1. The minimum atomic E-state index is -3.67. The van der Waals surface area contributed by atoms with Gasteiger partial charge in [-0.2, -0.15) is 0 Å². The lowest BCUT2D eigenvalue weighted by Gasteiger charge is -2.10. The Hall–Kier alpha value is -3.69. The second kappa shape index (κ2) is 10.6. The van der Waals surface area contributed by atoms with Gasteiger partial charge >= 0.3 is 0 Å². The van der Waals surface area contributed by atoms with E-state index in [1.807, 2.05) is 30.3 Å². The van der Waals surface area contributed by atoms with E-state index in [2.05, 4.69) is 10.0 Å². The molecule has 3 aromatic rings. The van der Waals surface area contributed by atoms with E-state index in [0.717, 1.165) is 11.1 Å². The highest BCUT2D eigenvalue weighted by Crippen LogP contribution is 2.17. The van der Waals surface area contributed by atoms with Crippen LogP contribution in [0, 0.1) is 0 Å². The van der Waals surface area contributed by atoms with Gasteiger partial charge in [0.1, 0.15) is 5.75 Å². The highest BCUT2D eigenvalue weighted by Gasteiger charge is 2.14. The predicted molar refractivity (Wildman–Crippen MR) is 120 cm³/mol. The van der Waals surface area contributed by atoms with E-state index < -0.39 is 15.9 Å². The first-order valence-electron chi connectivity index (χ1n) is 9.75. The number of sulfonamides is 1. The first-order valence-corrected chi connectivity index (χ1v) is 11.2. The number of carbonyl (C=O) groups is 2. The van der Waals surface area contributed by atoms with Crippen molar-refractivity contribution >= 4 is 27.5 Å². The van der Waals surface area contributed by atoms with Gasteiger partial charge in [0.2, 0.25) is 15.9 Å². The molecule has 0 aliphatic heterocycles. The zero-order valence-corrected chi connectivity index (χ0v) is 18.0. The summed E-state index contributed by atoms with van der Waals surface area (Å²) in [5.41, 5.74) is 7.30. The van der Waals surface area contributed by atoms with Crippen LogP contribution in [0.25, 0.3) is 0 Å². The van der Waals surface area contributed by atoms with E-state index in [1.165, 1.54) is 24.3 Å². The molecule has 0 unspecified atom stereocenters. The van der Waals surface area contributed by atoms with Gasteiger partial charge in [-0.3, -0.25) is 9.59 Å². The van der Waals surface area contributed by atoms with Crippen LogP contribution in [0.5, 0.6) is 5.75 Å². The van der Waals surface area contributed by atoms with Crippen molar-refractivity contribution in [3.05, 3.63) is 90.0 Å². The summed E-state index contributed by atoms with van der Waals surface area (Å²) in [6.45, 7) is -0.0630. The fourth-order valence-electron chi connectivity index (χ4n) is 2.83. The summed E-state index contributed by atoms with van der Waals surface area (Å²) in [7, 11) is -3.67. The molecule has 0 bridgehead atoms. The number of rotatable bonds is 10. The first kappa shape index (κ1) is 23.0. The quantitative estimate of drug-likeness (QED) is 0.434. The Morgan fingerprint density at radius 1 is 0.844 bits per heavy atom. The molecule has 3 aromatic carbocycles. The molecule has 3 rings (SSSR count). The van der Waals surface area contributed by atoms with E-state index in [9.17, 15) is 18.0 Å². The molecule has 4 N–H and O–H groups in total. The van der Waals surface area contributed by atoms with Crippen LogP contribution in [0.2, 0.25) is 0 Å². The van der Waals surface area contributed by atoms with Crippen molar-refractivity contribution < 1.29 is 22.7 Å². The maximum absolute atomic E-state index is 12.4. The smallest absolute Gasteiger partial charge is 0.262 e. The van der Waals surface area contributed by atoms with Crippen molar-refractivity contribution in [3.63, 3.8) is 0 Å². The molecular formula is C23H23N3O5S. The minimum absolute atomic E-state index is 0.0984. The number of carbonyl (C=O) groups excluding carboxylic acids is 2.